The second kappa shape index (κ2) is 8.05. The highest BCUT2D eigenvalue weighted by molar-refractivity contribution is 6.10. The largest absolute Gasteiger partial charge is 0.372 e. The van der Waals surface area contributed by atoms with Crippen LogP contribution in [0.15, 0.2) is 24.3 Å². The molecule has 4 rings (SSSR count). The third-order valence-corrected chi connectivity index (χ3v) is 6.68. The van der Waals surface area contributed by atoms with Gasteiger partial charge in [0, 0.05) is 24.5 Å². The van der Waals surface area contributed by atoms with E-state index in [-0.39, 0.29) is 24.3 Å². The molecule has 3 aliphatic rings. The fraction of sp³-hybridized carbons (Fsp3) is 0.591. The Morgan fingerprint density at radius 3 is 2.52 bits per heavy atom. The summed E-state index contributed by atoms with van der Waals surface area (Å²) < 4.78 is 0. The molecule has 1 aliphatic carbocycles. The van der Waals surface area contributed by atoms with Crippen LogP contribution in [-0.2, 0) is 9.59 Å². The summed E-state index contributed by atoms with van der Waals surface area (Å²) in [6, 6.07) is 7.30. The van der Waals surface area contributed by atoms with Gasteiger partial charge in [0.1, 0.15) is 12.1 Å². The molecule has 1 aromatic carbocycles. The quantitative estimate of drug-likeness (QED) is 0.764. The fourth-order valence-corrected chi connectivity index (χ4v) is 4.89. The van der Waals surface area contributed by atoms with Gasteiger partial charge in [0.25, 0.3) is 5.91 Å². The first kappa shape index (κ1) is 19.7. The van der Waals surface area contributed by atoms with Gasteiger partial charge in [-0.1, -0.05) is 19.8 Å². The van der Waals surface area contributed by atoms with E-state index in [1.807, 2.05) is 31.2 Å². The molecule has 2 atom stereocenters. The zero-order chi connectivity index (χ0) is 20.4. The number of benzene rings is 1. The average molecular weight is 399 g/mol. The van der Waals surface area contributed by atoms with E-state index >= 15 is 0 Å². The summed E-state index contributed by atoms with van der Waals surface area (Å²) >= 11 is 0. The number of piperidine rings is 1. The Bertz CT molecular complexity index is 788. The Hall–Kier alpha value is -2.57. The van der Waals surface area contributed by atoms with E-state index in [2.05, 4.69) is 15.5 Å². The zero-order valence-corrected chi connectivity index (χ0v) is 17.1. The van der Waals surface area contributed by atoms with Crippen LogP contribution in [-0.4, -0.2) is 47.9 Å². The van der Waals surface area contributed by atoms with Crippen LogP contribution in [0.2, 0.25) is 0 Å². The highest BCUT2D eigenvalue weighted by Crippen LogP contribution is 2.38. The van der Waals surface area contributed by atoms with E-state index in [9.17, 15) is 14.4 Å². The summed E-state index contributed by atoms with van der Waals surface area (Å²) in [6.07, 6.45) is 7.26. The normalized spacial score (nSPS) is 27.3. The second-order valence-corrected chi connectivity index (χ2v) is 8.58. The van der Waals surface area contributed by atoms with Crippen molar-refractivity contribution in [3.8, 4) is 0 Å². The molecule has 2 aliphatic heterocycles. The lowest BCUT2D eigenvalue weighted by atomic mass is 9.73. The van der Waals surface area contributed by atoms with Gasteiger partial charge < -0.3 is 15.5 Å². The molecule has 0 aromatic heterocycles. The number of carbonyl (C=O) groups is 3. The maximum absolute atomic E-state index is 13.0. The molecule has 4 amide bonds. The molecular weight excluding hydrogens is 368 g/mol. The minimum absolute atomic E-state index is 0.0862. The van der Waals surface area contributed by atoms with Gasteiger partial charge in [-0.3, -0.25) is 14.5 Å². The van der Waals surface area contributed by atoms with Crippen molar-refractivity contribution in [1.82, 2.24) is 10.2 Å². The molecule has 0 unspecified atom stereocenters. The topological polar surface area (TPSA) is 81.8 Å². The highest BCUT2D eigenvalue weighted by Gasteiger charge is 2.55. The van der Waals surface area contributed by atoms with Gasteiger partial charge in [-0.2, -0.15) is 0 Å². The number of nitrogens with zero attached hydrogens (tertiary/aromatic N) is 2. The van der Waals surface area contributed by atoms with Gasteiger partial charge >= 0.3 is 6.03 Å². The Morgan fingerprint density at radius 2 is 1.83 bits per heavy atom. The van der Waals surface area contributed by atoms with Crippen molar-refractivity contribution in [2.45, 2.75) is 57.4 Å². The molecule has 1 aromatic rings. The lowest BCUT2D eigenvalue weighted by Gasteiger charge is -2.36. The van der Waals surface area contributed by atoms with E-state index < -0.39 is 11.6 Å². The molecule has 156 valence electrons. The van der Waals surface area contributed by atoms with Crippen LogP contribution in [0.3, 0.4) is 0 Å². The standard InChI is InChI=1S/C22H30N4O3/c1-16-7-3-4-12-22(16)20(28)26(21(29)24-22)15-19(27)23-17-8-10-18(11-9-17)25-13-5-2-6-14-25/h8-11,16H,2-7,12-15H2,1H3,(H,23,27)(H,24,29)/t16-,22-/m1/s1. The molecular formula is C22H30N4O3. The molecule has 0 bridgehead atoms. The Kier molecular flexibility index (Phi) is 5.48. The number of rotatable bonds is 4. The van der Waals surface area contributed by atoms with Gasteiger partial charge in [0.05, 0.1) is 0 Å². The molecule has 29 heavy (non-hydrogen) atoms. The van der Waals surface area contributed by atoms with Gasteiger partial charge in [0.15, 0.2) is 0 Å². The van der Waals surface area contributed by atoms with E-state index in [1.165, 1.54) is 19.3 Å². The van der Waals surface area contributed by atoms with E-state index in [4.69, 9.17) is 0 Å². The van der Waals surface area contributed by atoms with Gasteiger partial charge in [-0.05, 0) is 62.3 Å². The maximum Gasteiger partial charge on any atom is 0.325 e. The Balaban J connectivity index is 1.37. The number of hydrogen-bond donors (Lipinski definition) is 2. The predicted octanol–water partition coefficient (Wildman–Crippen LogP) is 3.12. The Labute approximate surface area is 171 Å². The summed E-state index contributed by atoms with van der Waals surface area (Å²) in [4.78, 5) is 41.3. The van der Waals surface area contributed by atoms with Crippen LogP contribution < -0.4 is 15.5 Å². The van der Waals surface area contributed by atoms with Gasteiger partial charge in [-0.25, -0.2) is 4.79 Å². The summed E-state index contributed by atoms with van der Waals surface area (Å²) in [7, 11) is 0. The van der Waals surface area contributed by atoms with Crippen LogP contribution in [0, 0.1) is 5.92 Å². The van der Waals surface area contributed by atoms with Crippen molar-refractivity contribution >= 4 is 29.2 Å². The van der Waals surface area contributed by atoms with Crippen LogP contribution in [0.1, 0.15) is 51.9 Å². The van der Waals surface area contributed by atoms with Crippen LogP contribution in [0.25, 0.3) is 0 Å². The first-order valence-corrected chi connectivity index (χ1v) is 10.8. The smallest absolute Gasteiger partial charge is 0.325 e. The van der Waals surface area contributed by atoms with E-state index in [1.54, 1.807) is 0 Å². The maximum atomic E-state index is 13.0. The van der Waals surface area contributed by atoms with Crippen molar-refractivity contribution in [3.63, 3.8) is 0 Å². The van der Waals surface area contributed by atoms with Crippen molar-refractivity contribution in [3.05, 3.63) is 24.3 Å². The van der Waals surface area contributed by atoms with E-state index in [0.717, 1.165) is 42.9 Å². The number of carbonyl (C=O) groups excluding carboxylic acids is 3. The predicted molar refractivity (Wildman–Crippen MR) is 112 cm³/mol. The number of amides is 4. The molecule has 1 spiro atoms. The monoisotopic (exact) mass is 398 g/mol. The number of hydrogen-bond acceptors (Lipinski definition) is 4. The summed E-state index contributed by atoms with van der Waals surface area (Å²) in [6.45, 7) is 3.88. The van der Waals surface area contributed by atoms with Crippen molar-refractivity contribution in [1.29, 1.82) is 0 Å². The van der Waals surface area contributed by atoms with Gasteiger partial charge in [-0.15, -0.1) is 0 Å². The molecule has 2 heterocycles. The van der Waals surface area contributed by atoms with Gasteiger partial charge in [0.2, 0.25) is 5.91 Å². The molecule has 2 N–H and O–H groups in total. The summed E-state index contributed by atoms with van der Waals surface area (Å²) in [5.74, 6) is -0.534. The SMILES string of the molecule is C[C@@H]1CCCC[C@@]12NC(=O)N(CC(=O)Nc1ccc(N3CCCCC3)cc1)C2=O. The second-order valence-electron chi connectivity index (χ2n) is 8.58. The lowest BCUT2D eigenvalue weighted by molar-refractivity contribution is -0.136. The third-order valence-electron chi connectivity index (χ3n) is 6.68. The molecule has 7 heteroatoms. The molecule has 1 saturated carbocycles. The number of anilines is 2. The van der Waals surface area contributed by atoms with Crippen molar-refractivity contribution < 1.29 is 14.4 Å². The third kappa shape index (κ3) is 3.82. The fourth-order valence-electron chi connectivity index (χ4n) is 4.89. The van der Waals surface area contributed by atoms with Crippen molar-refractivity contribution in [2.24, 2.45) is 5.92 Å². The first-order valence-electron chi connectivity index (χ1n) is 10.8. The number of urea groups is 1. The van der Waals surface area contributed by atoms with Crippen LogP contribution in [0.4, 0.5) is 16.2 Å². The average Bonchev–Trinajstić information content (AvgIpc) is 2.96. The van der Waals surface area contributed by atoms with Crippen LogP contribution >= 0.6 is 0 Å². The van der Waals surface area contributed by atoms with Crippen LogP contribution in [0.5, 0.6) is 0 Å². The summed E-state index contributed by atoms with van der Waals surface area (Å²) in [5, 5.41) is 5.70. The minimum atomic E-state index is -0.828. The molecule has 2 saturated heterocycles. The number of nitrogens with one attached hydrogen (secondary N) is 2. The zero-order valence-electron chi connectivity index (χ0n) is 17.1. The Morgan fingerprint density at radius 1 is 1.10 bits per heavy atom. The molecule has 3 fully saturated rings. The minimum Gasteiger partial charge on any atom is -0.372 e. The van der Waals surface area contributed by atoms with Crippen molar-refractivity contribution in [2.75, 3.05) is 29.9 Å². The molecule has 7 nitrogen and oxygen atoms in total. The van der Waals surface area contributed by atoms with E-state index in [0.29, 0.717) is 12.1 Å². The summed E-state index contributed by atoms with van der Waals surface area (Å²) in [5.41, 5.74) is 1.000. The highest BCUT2D eigenvalue weighted by atomic mass is 16.2. The lowest BCUT2D eigenvalue weighted by Crippen LogP contribution is -2.54. The first-order chi connectivity index (χ1) is 14.0. The number of imide groups is 1. The molecule has 0 radical (unpaired) electrons.